The van der Waals surface area contributed by atoms with Gasteiger partial charge in [-0.05, 0) is 38.0 Å². The average molecular weight is 298 g/mol. The van der Waals surface area contributed by atoms with Crippen LogP contribution < -0.4 is 0 Å². The van der Waals surface area contributed by atoms with Crippen molar-refractivity contribution in [3.05, 3.63) is 0 Å². The maximum atomic E-state index is 10.9. The molecule has 4 atom stereocenters. The summed E-state index contributed by atoms with van der Waals surface area (Å²) in [6, 6.07) is 0. The molecular weight excluding hydrogens is 268 g/mol. The van der Waals surface area contributed by atoms with E-state index in [2.05, 4.69) is 27.7 Å². The van der Waals surface area contributed by atoms with Gasteiger partial charge in [-0.25, -0.2) is 0 Å². The van der Waals surface area contributed by atoms with Crippen LogP contribution in [0, 0.1) is 11.8 Å². The molecule has 2 saturated heterocycles. The Hall–Kier alpha value is -1.06. The minimum absolute atomic E-state index is 0.0125. The van der Waals surface area contributed by atoms with Crippen LogP contribution in [-0.4, -0.2) is 24.1 Å². The summed E-state index contributed by atoms with van der Waals surface area (Å²) in [4.78, 5) is 21.6. The Bertz CT molecular complexity index is 326. The van der Waals surface area contributed by atoms with Crippen LogP contribution in [0.2, 0.25) is 0 Å². The van der Waals surface area contributed by atoms with Gasteiger partial charge < -0.3 is 9.47 Å². The van der Waals surface area contributed by atoms with Crippen LogP contribution >= 0.6 is 0 Å². The number of ether oxygens (including phenoxy) is 2. The predicted molar refractivity (Wildman–Crippen MR) is 81.8 cm³/mol. The third-order valence-corrected chi connectivity index (χ3v) is 4.62. The number of hydrogen-bond donors (Lipinski definition) is 0. The zero-order valence-corrected chi connectivity index (χ0v) is 13.9. The fourth-order valence-corrected chi connectivity index (χ4v) is 3.18. The van der Waals surface area contributed by atoms with Gasteiger partial charge in [0, 0.05) is 12.3 Å². The van der Waals surface area contributed by atoms with E-state index in [9.17, 15) is 9.59 Å². The normalized spacial score (nSPS) is 32.0. The van der Waals surface area contributed by atoms with E-state index in [4.69, 9.17) is 9.47 Å². The van der Waals surface area contributed by atoms with E-state index in [-0.39, 0.29) is 24.1 Å². The molecule has 4 nitrogen and oxygen atoms in total. The second kappa shape index (κ2) is 9.06. The lowest BCUT2D eigenvalue weighted by atomic mass is 9.90. The Morgan fingerprint density at radius 3 is 1.81 bits per heavy atom. The molecule has 0 spiro atoms. The topological polar surface area (TPSA) is 52.6 Å². The Morgan fingerprint density at radius 2 is 1.33 bits per heavy atom. The number of cyclic esters (lactones) is 2. The van der Waals surface area contributed by atoms with Gasteiger partial charge >= 0.3 is 11.9 Å². The molecule has 0 aliphatic carbocycles. The molecule has 2 aliphatic heterocycles. The van der Waals surface area contributed by atoms with E-state index < -0.39 is 0 Å². The van der Waals surface area contributed by atoms with Crippen molar-refractivity contribution in [2.75, 3.05) is 0 Å². The third kappa shape index (κ3) is 5.33. The summed E-state index contributed by atoms with van der Waals surface area (Å²) >= 11 is 0. The molecule has 0 unspecified atom stereocenters. The lowest BCUT2D eigenvalue weighted by Gasteiger charge is -2.29. The molecule has 21 heavy (non-hydrogen) atoms. The molecule has 0 aromatic carbocycles. The summed E-state index contributed by atoms with van der Waals surface area (Å²) < 4.78 is 10.3. The molecule has 4 heteroatoms. The summed E-state index contributed by atoms with van der Waals surface area (Å²) in [6.07, 6.45) is 6.79. The first kappa shape index (κ1) is 18.0. The lowest BCUT2D eigenvalue weighted by molar-refractivity contribution is -0.158. The second-order valence-corrected chi connectivity index (χ2v) is 5.95. The molecule has 0 aromatic heterocycles. The molecule has 2 fully saturated rings. The average Bonchev–Trinajstić information content (AvgIpc) is 2.88. The van der Waals surface area contributed by atoms with Crippen LogP contribution in [0.15, 0.2) is 0 Å². The highest BCUT2D eigenvalue weighted by molar-refractivity contribution is 5.72. The first-order valence-electron chi connectivity index (χ1n) is 8.44. The van der Waals surface area contributed by atoms with Crippen molar-refractivity contribution in [1.82, 2.24) is 0 Å². The number of carbonyl (C=O) groups excluding carboxylic acids is 2. The standard InChI is InChI=1S/C9H16O2.C8H14O2/c1-3-7-5-6-9(10)11-8(7)4-2;1-3-6-5-8(9)10-7(6)4-2/h7-8H,3-6H2,1-2H3;6-7H,3-5H2,1-2H3/t7-,8-;6-,7-/m11/s1. The first-order valence-corrected chi connectivity index (χ1v) is 8.44. The highest BCUT2D eigenvalue weighted by atomic mass is 16.6. The highest BCUT2D eigenvalue weighted by Gasteiger charge is 2.31. The van der Waals surface area contributed by atoms with Gasteiger partial charge in [-0.15, -0.1) is 0 Å². The minimum atomic E-state index is -0.0151. The molecule has 2 aliphatic rings. The van der Waals surface area contributed by atoms with Crippen molar-refractivity contribution < 1.29 is 19.1 Å². The molecular formula is C17H30O4. The first-order chi connectivity index (χ1) is 10.0. The molecule has 0 radical (unpaired) electrons. The smallest absolute Gasteiger partial charge is 0.306 e. The lowest BCUT2D eigenvalue weighted by Crippen LogP contribution is -2.31. The van der Waals surface area contributed by atoms with E-state index in [1.54, 1.807) is 0 Å². The fraction of sp³-hybridized carbons (Fsp3) is 0.882. The Kier molecular flexibility index (Phi) is 7.76. The van der Waals surface area contributed by atoms with Crippen molar-refractivity contribution in [3.8, 4) is 0 Å². The van der Waals surface area contributed by atoms with Crippen LogP contribution in [0.1, 0.15) is 72.6 Å². The number of esters is 2. The van der Waals surface area contributed by atoms with Gasteiger partial charge in [0.1, 0.15) is 12.2 Å². The monoisotopic (exact) mass is 298 g/mol. The molecule has 0 bridgehead atoms. The molecule has 0 amide bonds. The van der Waals surface area contributed by atoms with Gasteiger partial charge in [-0.3, -0.25) is 9.59 Å². The van der Waals surface area contributed by atoms with Gasteiger partial charge in [0.2, 0.25) is 0 Å². The summed E-state index contributed by atoms with van der Waals surface area (Å²) in [5.41, 5.74) is 0. The van der Waals surface area contributed by atoms with Crippen molar-refractivity contribution in [2.45, 2.75) is 84.8 Å². The van der Waals surface area contributed by atoms with Crippen LogP contribution in [0.25, 0.3) is 0 Å². The number of rotatable bonds is 4. The maximum Gasteiger partial charge on any atom is 0.306 e. The van der Waals surface area contributed by atoms with Crippen molar-refractivity contribution in [3.63, 3.8) is 0 Å². The zero-order chi connectivity index (χ0) is 15.8. The quantitative estimate of drug-likeness (QED) is 0.739. The van der Waals surface area contributed by atoms with Crippen molar-refractivity contribution >= 4 is 11.9 Å². The van der Waals surface area contributed by atoms with E-state index in [1.807, 2.05) is 0 Å². The van der Waals surface area contributed by atoms with Gasteiger partial charge in [0.25, 0.3) is 0 Å². The maximum absolute atomic E-state index is 10.9. The van der Waals surface area contributed by atoms with Crippen LogP contribution in [0.3, 0.4) is 0 Å². The summed E-state index contributed by atoms with van der Waals surface area (Å²) in [6.45, 7) is 8.40. The molecule has 0 aromatic rings. The molecule has 2 rings (SSSR count). The third-order valence-electron chi connectivity index (χ3n) is 4.62. The van der Waals surface area contributed by atoms with Crippen LogP contribution in [0.5, 0.6) is 0 Å². The van der Waals surface area contributed by atoms with Gasteiger partial charge in [-0.1, -0.05) is 27.7 Å². The largest absolute Gasteiger partial charge is 0.462 e. The second-order valence-electron chi connectivity index (χ2n) is 5.95. The van der Waals surface area contributed by atoms with E-state index in [0.717, 1.165) is 32.1 Å². The van der Waals surface area contributed by atoms with Gasteiger partial charge in [0.15, 0.2) is 0 Å². The predicted octanol–water partition coefficient (Wildman–Crippen LogP) is 3.87. The van der Waals surface area contributed by atoms with Gasteiger partial charge in [0.05, 0.1) is 6.42 Å². The molecule has 122 valence electrons. The summed E-state index contributed by atoms with van der Waals surface area (Å²) in [5.74, 6) is 1.07. The van der Waals surface area contributed by atoms with Crippen LogP contribution in [0.4, 0.5) is 0 Å². The molecule has 0 saturated carbocycles. The number of hydrogen-bond acceptors (Lipinski definition) is 4. The van der Waals surface area contributed by atoms with Crippen molar-refractivity contribution in [2.24, 2.45) is 11.8 Å². The number of carbonyl (C=O) groups is 2. The SMILES string of the molecule is CC[C@@H]1CC(=O)O[C@@H]1CC.CC[C@@H]1CCC(=O)O[C@@H]1CC. The van der Waals surface area contributed by atoms with Gasteiger partial charge in [-0.2, -0.15) is 0 Å². The molecule has 0 N–H and O–H groups in total. The van der Waals surface area contributed by atoms with Crippen molar-refractivity contribution in [1.29, 1.82) is 0 Å². The highest BCUT2D eigenvalue weighted by Crippen LogP contribution is 2.27. The van der Waals surface area contributed by atoms with E-state index >= 15 is 0 Å². The van der Waals surface area contributed by atoms with Crippen LogP contribution in [-0.2, 0) is 19.1 Å². The van der Waals surface area contributed by atoms with E-state index in [1.165, 1.54) is 0 Å². The Labute approximate surface area is 128 Å². The summed E-state index contributed by atoms with van der Waals surface area (Å²) in [7, 11) is 0. The molecule has 2 heterocycles. The Morgan fingerprint density at radius 1 is 0.810 bits per heavy atom. The summed E-state index contributed by atoms with van der Waals surface area (Å²) in [5, 5.41) is 0. The fourth-order valence-electron chi connectivity index (χ4n) is 3.18. The minimum Gasteiger partial charge on any atom is -0.462 e. The Balaban J connectivity index is 0.000000211. The van der Waals surface area contributed by atoms with E-state index in [0.29, 0.717) is 24.7 Å². The zero-order valence-electron chi connectivity index (χ0n) is 13.9.